The van der Waals surface area contributed by atoms with Crippen molar-refractivity contribution in [3.63, 3.8) is 0 Å². The largest absolute Gasteiger partial charge is 0.497 e. The lowest BCUT2D eigenvalue weighted by atomic mass is 10.2. The first kappa shape index (κ1) is 19.2. The van der Waals surface area contributed by atoms with Gasteiger partial charge >= 0.3 is 5.97 Å². The number of unbranched alkanes of at least 4 members (excludes halogenated alkanes) is 1. The molecular weight excluding hydrogens is 334 g/mol. The molecule has 2 aromatic rings. The first-order valence-corrected chi connectivity index (χ1v) is 8.36. The Morgan fingerprint density at radius 3 is 2.54 bits per heavy atom. The van der Waals surface area contributed by atoms with Gasteiger partial charge < -0.3 is 20.1 Å². The smallest absolute Gasteiger partial charge is 0.339 e. The number of carbonyl (C=O) groups is 2. The maximum atomic E-state index is 12.3. The lowest BCUT2D eigenvalue weighted by Gasteiger charge is -2.20. The second-order valence-corrected chi connectivity index (χ2v) is 5.86. The third kappa shape index (κ3) is 4.72. The number of carbonyl (C=O) groups excluding carboxylic acids is 1. The Labute approximate surface area is 152 Å². The summed E-state index contributed by atoms with van der Waals surface area (Å²) in [4.78, 5) is 29.9. The molecule has 0 aliphatic carbocycles. The molecule has 0 spiro atoms. The van der Waals surface area contributed by atoms with Crippen molar-refractivity contribution in [2.75, 3.05) is 30.9 Å². The molecule has 0 aliphatic heterocycles. The predicted molar refractivity (Wildman–Crippen MR) is 100 cm³/mol. The molecule has 1 amide bonds. The van der Waals surface area contributed by atoms with Gasteiger partial charge in [0.15, 0.2) is 0 Å². The molecule has 7 heteroatoms. The van der Waals surface area contributed by atoms with Crippen LogP contribution in [-0.4, -0.2) is 42.7 Å². The van der Waals surface area contributed by atoms with E-state index in [9.17, 15) is 14.7 Å². The molecule has 0 fully saturated rings. The molecule has 2 rings (SSSR count). The molecular formula is C19H23N3O4. The van der Waals surface area contributed by atoms with Gasteiger partial charge in [-0.2, -0.15) is 0 Å². The van der Waals surface area contributed by atoms with E-state index in [4.69, 9.17) is 4.74 Å². The summed E-state index contributed by atoms with van der Waals surface area (Å²) >= 11 is 0. The topological polar surface area (TPSA) is 91.8 Å². The number of carboxylic acid groups (broad SMARTS) is 1. The average Bonchev–Trinajstić information content (AvgIpc) is 2.66. The minimum absolute atomic E-state index is 0.0520. The van der Waals surface area contributed by atoms with Gasteiger partial charge in [0.05, 0.1) is 19.0 Å². The van der Waals surface area contributed by atoms with E-state index in [2.05, 4.69) is 17.2 Å². The summed E-state index contributed by atoms with van der Waals surface area (Å²) in [6.07, 6.45) is 3.40. The minimum atomic E-state index is -1.09. The van der Waals surface area contributed by atoms with Gasteiger partial charge in [-0.25, -0.2) is 9.78 Å². The van der Waals surface area contributed by atoms with Crippen LogP contribution in [0.5, 0.6) is 5.75 Å². The summed E-state index contributed by atoms with van der Waals surface area (Å²) < 4.78 is 5.06. The highest BCUT2D eigenvalue weighted by atomic mass is 16.5. The van der Waals surface area contributed by atoms with Crippen LogP contribution in [0.2, 0.25) is 0 Å². The normalized spacial score (nSPS) is 10.3. The van der Waals surface area contributed by atoms with Gasteiger partial charge in [0.1, 0.15) is 17.1 Å². The fraction of sp³-hybridized carbons (Fsp3) is 0.316. The van der Waals surface area contributed by atoms with Crippen LogP contribution < -0.4 is 15.0 Å². The van der Waals surface area contributed by atoms with Crippen LogP contribution in [0, 0.1) is 0 Å². The SMILES string of the molecule is CCCCN(C)c1ncc(NC(=O)c2ccc(OC)cc2)cc1C(=O)O. The number of nitrogens with zero attached hydrogens (tertiary/aromatic N) is 2. The second kappa shape index (κ2) is 8.84. The molecule has 0 aliphatic rings. The quantitative estimate of drug-likeness (QED) is 0.753. The Kier molecular flexibility index (Phi) is 6.54. The highest BCUT2D eigenvalue weighted by Crippen LogP contribution is 2.22. The van der Waals surface area contributed by atoms with E-state index >= 15 is 0 Å². The number of aromatic carboxylic acids is 1. The van der Waals surface area contributed by atoms with Gasteiger partial charge in [0.2, 0.25) is 0 Å². The molecule has 1 heterocycles. The Hall–Kier alpha value is -3.09. The molecule has 7 nitrogen and oxygen atoms in total. The van der Waals surface area contributed by atoms with Crippen LogP contribution in [0.4, 0.5) is 11.5 Å². The Morgan fingerprint density at radius 2 is 1.96 bits per heavy atom. The standard InChI is InChI=1S/C19H23N3O4/c1-4-5-10-22(2)17-16(19(24)25)11-14(12-20-17)21-18(23)13-6-8-15(26-3)9-7-13/h6-9,11-12H,4-5,10H2,1-3H3,(H,21,23)(H,24,25). The summed E-state index contributed by atoms with van der Waals surface area (Å²) in [6.45, 7) is 2.78. The monoisotopic (exact) mass is 357 g/mol. The van der Waals surface area contributed by atoms with E-state index < -0.39 is 5.97 Å². The number of rotatable bonds is 8. The molecule has 0 radical (unpaired) electrons. The summed E-state index contributed by atoms with van der Waals surface area (Å²) in [5.41, 5.74) is 0.818. The van der Waals surface area contributed by atoms with Gasteiger partial charge in [-0.15, -0.1) is 0 Å². The van der Waals surface area contributed by atoms with Crippen LogP contribution in [-0.2, 0) is 0 Å². The maximum absolute atomic E-state index is 12.3. The van der Waals surface area contributed by atoms with Gasteiger partial charge in [-0.3, -0.25) is 4.79 Å². The van der Waals surface area contributed by atoms with Gasteiger partial charge in [-0.1, -0.05) is 13.3 Å². The Bertz CT molecular complexity index is 775. The molecule has 1 aromatic heterocycles. The number of amides is 1. The van der Waals surface area contributed by atoms with Crippen molar-refractivity contribution < 1.29 is 19.4 Å². The summed E-state index contributed by atoms with van der Waals surface area (Å²) in [5, 5.41) is 12.2. The number of carboxylic acids is 1. The number of ether oxygens (including phenoxy) is 1. The van der Waals surface area contributed by atoms with Crippen molar-refractivity contribution in [3.05, 3.63) is 47.7 Å². The molecule has 0 saturated carbocycles. The third-order valence-corrected chi connectivity index (χ3v) is 3.92. The number of nitrogens with one attached hydrogen (secondary N) is 1. The molecule has 1 aromatic carbocycles. The van der Waals surface area contributed by atoms with Crippen molar-refractivity contribution >= 4 is 23.4 Å². The van der Waals surface area contributed by atoms with Crippen LogP contribution in [0.3, 0.4) is 0 Å². The van der Waals surface area contributed by atoms with Crippen molar-refractivity contribution in [3.8, 4) is 5.75 Å². The van der Waals surface area contributed by atoms with Crippen LogP contribution >= 0.6 is 0 Å². The summed E-state index contributed by atoms with van der Waals surface area (Å²) in [5.74, 6) is -0.404. The fourth-order valence-electron chi connectivity index (χ4n) is 2.43. The van der Waals surface area contributed by atoms with E-state index in [1.54, 1.807) is 38.4 Å². The van der Waals surface area contributed by atoms with Crippen LogP contribution in [0.1, 0.15) is 40.5 Å². The first-order valence-electron chi connectivity index (χ1n) is 8.36. The first-order chi connectivity index (χ1) is 12.5. The van der Waals surface area contributed by atoms with Gasteiger partial charge in [0.25, 0.3) is 5.91 Å². The number of hydrogen-bond acceptors (Lipinski definition) is 5. The molecule has 2 N–H and O–H groups in total. The highest BCUT2D eigenvalue weighted by molar-refractivity contribution is 6.05. The molecule has 0 bridgehead atoms. The number of aromatic nitrogens is 1. The van der Waals surface area contributed by atoms with Crippen LogP contribution in [0.15, 0.2) is 36.5 Å². The second-order valence-electron chi connectivity index (χ2n) is 5.86. The number of methoxy groups -OCH3 is 1. The predicted octanol–water partition coefficient (Wildman–Crippen LogP) is 3.28. The highest BCUT2D eigenvalue weighted by Gasteiger charge is 2.17. The number of hydrogen-bond donors (Lipinski definition) is 2. The van der Waals surface area contributed by atoms with Crippen molar-refractivity contribution in [1.29, 1.82) is 0 Å². The molecule has 0 saturated heterocycles. The van der Waals surface area contributed by atoms with E-state index in [1.165, 1.54) is 12.3 Å². The Balaban J connectivity index is 2.20. The number of anilines is 2. The lowest BCUT2D eigenvalue weighted by Crippen LogP contribution is -2.23. The van der Waals surface area contributed by atoms with Crippen molar-refractivity contribution in [2.24, 2.45) is 0 Å². The van der Waals surface area contributed by atoms with E-state index in [0.717, 1.165) is 12.8 Å². The number of pyridine rings is 1. The molecule has 0 unspecified atom stereocenters. The Morgan fingerprint density at radius 1 is 1.27 bits per heavy atom. The van der Waals surface area contributed by atoms with Crippen molar-refractivity contribution in [1.82, 2.24) is 4.98 Å². The summed E-state index contributed by atoms with van der Waals surface area (Å²) in [6, 6.07) is 8.05. The zero-order chi connectivity index (χ0) is 19.1. The molecule has 0 atom stereocenters. The lowest BCUT2D eigenvalue weighted by molar-refractivity contribution is 0.0697. The van der Waals surface area contributed by atoms with E-state index in [0.29, 0.717) is 29.4 Å². The van der Waals surface area contributed by atoms with E-state index in [1.807, 2.05) is 4.90 Å². The number of benzene rings is 1. The van der Waals surface area contributed by atoms with Gasteiger partial charge in [0, 0.05) is 19.2 Å². The fourth-order valence-corrected chi connectivity index (χ4v) is 2.43. The zero-order valence-corrected chi connectivity index (χ0v) is 15.2. The van der Waals surface area contributed by atoms with Crippen molar-refractivity contribution in [2.45, 2.75) is 19.8 Å². The zero-order valence-electron chi connectivity index (χ0n) is 15.2. The maximum Gasteiger partial charge on any atom is 0.339 e. The molecule has 138 valence electrons. The third-order valence-electron chi connectivity index (χ3n) is 3.92. The van der Waals surface area contributed by atoms with Crippen LogP contribution in [0.25, 0.3) is 0 Å². The molecule has 26 heavy (non-hydrogen) atoms. The average molecular weight is 357 g/mol. The summed E-state index contributed by atoms with van der Waals surface area (Å²) in [7, 11) is 3.35. The van der Waals surface area contributed by atoms with E-state index in [-0.39, 0.29) is 11.5 Å². The minimum Gasteiger partial charge on any atom is -0.497 e. The van der Waals surface area contributed by atoms with Gasteiger partial charge in [-0.05, 0) is 36.8 Å².